The van der Waals surface area contributed by atoms with Crippen molar-refractivity contribution in [3.05, 3.63) is 65.0 Å². The van der Waals surface area contributed by atoms with Crippen LogP contribution in [-0.2, 0) is 6.42 Å². The molecule has 0 saturated heterocycles. The second-order valence-electron chi connectivity index (χ2n) is 4.40. The van der Waals surface area contributed by atoms with E-state index in [0.29, 0.717) is 5.92 Å². The third-order valence-corrected chi connectivity index (χ3v) is 3.46. The summed E-state index contributed by atoms with van der Waals surface area (Å²) < 4.78 is 0. The number of aromatic nitrogens is 1. The van der Waals surface area contributed by atoms with E-state index in [1.165, 1.54) is 16.7 Å². The Balaban J connectivity index is 1.99. The quantitative estimate of drug-likeness (QED) is 0.740. The molecule has 0 radical (unpaired) electrons. The highest BCUT2D eigenvalue weighted by Gasteiger charge is 2.23. The monoisotopic (exact) mass is 220 g/mol. The highest BCUT2D eigenvalue weighted by atomic mass is 14.6. The largest absolute Gasteiger partial charge is 0.264 e. The van der Waals surface area contributed by atoms with E-state index in [1.807, 2.05) is 24.5 Å². The minimum Gasteiger partial charge on any atom is -0.264 e. The number of pyridine rings is 1. The van der Waals surface area contributed by atoms with Crippen molar-refractivity contribution >= 4 is 0 Å². The fraction of sp³-hybridized carbons (Fsp3) is 0.200. The van der Waals surface area contributed by atoms with Crippen LogP contribution in [0.2, 0.25) is 0 Å². The maximum atomic E-state index is 8.79. The molecule has 1 atom stereocenters. The molecule has 3 rings (SSSR count). The van der Waals surface area contributed by atoms with E-state index in [1.54, 1.807) is 0 Å². The molecule has 0 bridgehead atoms. The van der Waals surface area contributed by atoms with Crippen molar-refractivity contribution in [2.75, 3.05) is 0 Å². The third-order valence-electron chi connectivity index (χ3n) is 3.46. The van der Waals surface area contributed by atoms with E-state index in [4.69, 9.17) is 5.26 Å². The average molecular weight is 220 g/mol. The number of fused-ring (bicyclic) bond motifs is 1. The number of rotatable bonds is 1. The molecule has 0 amide bonds. The summed E-state index contributed by atoms with van der Waals surface area (Å²) in [6.45, 7) is 0. The van der Waals surface area contributed by atoms with Gasteiger partial charge in [-0.1, -0.05) is 12.1 Å². The number of aryl methyl sites for hydroxylation is 1. The SMILES string of the molecule is N#Cc1ccc(C2CCc3cnccc32)cc1. The number of hydrogen-bond donors (Lipinski definition) is 0. The lowest BCUT2D eigenvalue weighted by Crippen LogP contribution is -1.96. The third kappa shape index (κ3) is 1.70. The van der Waals surface area contributed by atoms with Crippen LogP contribution < -0.4 is 0 Å². The zero-order valence-corrected chi connectivity index (χ0v) is 9.43. The summed E-state index contributed by atoms with van der Waals surface area (Å²) in [6.07, 6.45) is 6.08. The minimum absolute atomic E-state index is 0.473. The first-order chi connectivity index (χ1) is 8.38. The fourth-order valence-electron chi connectivity index (χ4n) is 2.58. The molecule has 1 aliphatic carbocycles. The van der Waals surface area contributed by atoms with Gasteiger partial charge in [0.2, 0.25) is 0 Å². The van der Waals surface area contributed by atoms with Crippen molar-refractivity contribution in [2.45, 2.75) is 18.8 Å². The topological polar surface area (TPSA) is 36.7 Å². The summed E-state index contributed by atoms with van der Waals surface area (Å²) >= 11 is 0. The molecular weight excluding hydrogens is 208 g/mol. The summed E-state index contributed by atoms with van der Waals surface area (Å²) in [6, 6.07) is 12.2. The van der Waals surface area contributed by atoms with Crippen molar-refractivity contribution < 1.29 is 0 Å². The normalized spacial score (nSPS) is 17.5. The first-order valence-electron chi connectivity index (χ1n) is 5.81. The van der Waals surface area contributed by atoms with Gasteiger partial charge in [-0.05, 0) is 47.7 Å². The Hall–Kier alpha value is -2.14. The van der Waals surface area contributed by atoms with Crippen molar-refractivity contribution in [3.63, 3.8) is 0 Å². The van der Waals surface area contributed by atoms with Gasteiger partial charge in [0.25, 0.3) is 0 Å². The van der Waals surface area contributed by atoms with Crippen LogP contribution in [0.5, 0.6) is 0 Å². The smallest absolute Gasteiger partial charge is 0.0991 e. The van der Waals surface area contributed by atoms with Crippen molar-refractivity contribution in [1.29, 1.82) is 5.26 Å². The molecule has 0 N–H and O–H groups in total. The van der Waals surface area contributed by atoms with Crippen molar-refractivity contribution in [2.24, 2.45) is 0 Å². The van der Waals surface area contributed by atoms with Gasteiger partial charge >= 0.3 is 0 Å². The Bertz CT molecular complexity index is 579. The summed E-state index contributed by atoms with van der Waals surface area (Å²) in [7, 11) is 0. The predicted molar refractivity (Wildman–Crippen MR) is 65.6 cm³/mol. The fourth-order valence-corrected chi connectivity index (χ4v) is 2.58. The molecule has 1 heterocycles. The van der Waals surface area contributed by atoms with E-state index in [-0.39, 0.29) is 0 Å². The molecule has 0 saturated carbocycles. The van der Waals surface area contributed by atoms with Gasteiger partial charge in [0.05, 0.1) is 11.6 Å². The number of nitrogens with zero attached hydrogens (tertiary/aromatic N) is 2. The van der Waals surface area contributed by atoms with Gasteiger partial charge in [-0.25, -0.2) is 0 Å². The average Bonchev–Trinajstić information content (AvgIpc) is 2.83. The van der Waals surface area contributed by atoms with Gasteiger partial charge in [0.1, 0.15) is 0 Å². The second-order valence-corrected chi connectivity index (χ2v) is 4.40. The van der Waals surface area contributed by atoms with Crippen molar-refractivity contribution in [1.82, 2.24) is 4.98 Å². The molecule has 1 aliphatic rings. The Kier molecular flexibility index (Phi) is 2.38. The van der Waals surface area contributed by atoms with Crippen LogP contribution >= 0.6 is 0 Å². The number of nitriles is 1. The van der Waals surface area contributed by atoms with Gasteiger partial charge in [0, 0.05) is 18.3 Å². The summed E-state index contributed by atoms with van der Waals surface area (Å²) in [4.78, 5) is 4.17. The molecule has 1 unspecified atom stereocenters. The standard InChI is InChI=1S/C15H12N2/c16-9-11-1-3-12(4-2-11)14-6-5-13-10-17-8-7-15(13)14/h1-4,7-8,10,14H,5-6H2. The maximum absolute atomic E-state index is 8.79. The highest BCUT2D eigenvalue weighted by Crippen LogP contribution is 2.37. The molecule has 82 valence electrons. The molecule has 2 nitrogen and oxygen atoms in total. The van der Waals surface area contributed by atoms with E-state index in [2.05, 4.69) is 29.3 Å². The van der Waals surface area contributed by atoms with Crippen LogP contribution in [0.3, 0.4) is 0 Å². The Morgan fingerprint density at radius 1 is 1.18 bits per heavy atom. The molecule has 0 spiro atoms. The molecule has 0 aliphatic heterocycles. The van der Waals surface area contributed by atoms with Gasteiger partial charge in [-0.15, -0.1) is 0 Å². The lowest BCUT2D eigenvalue weighted by molar-refractivity contribution is 0.788. The zero-order chi connectivity index (χ0) is 11.7. The summed E-state index contributed by atoms with van der Waals surface area (Å²) in [5, 5.41) is 8.79. The van der Waals surface area contributed by atoms with Gasteiger partial charge in [-0.3, -0.25) is 4.98 Å². The Morgan fingerprint density at radius 3 is 2.76 bits per heavy atom. The molecule has 1 aromatic carbocycles. The molecule has 2 heteroatoms. The van der Waals surface area contributed by atoms with Crippen LogP contribution in [0.4, 0.5) is 0 Å². The van der Waals surface area contributed by atoms with Crippen LogP contribution in [0.1, 0.15) is 34.6 Å². The summed E-state index contributed by atoms with van der Waals surface area (Å²) in [5.41, 5.74) is 4.78. The molecule has 1 aromatic heterocycles. The zero-order valence-electron chi connectivity index (χ0n) is 9.43. The van der Waals surface area contributed by atoms with Crippen molar-refractivity contribution in [3.8, 4) is 6.07 Å². The van der Waals surface area contributed by atoms with Gasteiger partial charge < -0.3 is 0 Å². The molecule has 0 fully saturated rings. The molecule has 17 heavy (non-hydrogen) atoms. The van der Waals surface area contributed by atoms with E-state index in [9.17, 15) is 0 Å². The second kappa shape index (κ2) is 4.03. The Morgan fingerprint density at radius 2 is 2.00 bits per heavy atom. The van der Waals surface area contributed by atoms with E-state index >= 15 is 0 Å². The number of hydrogen-bond acceptors (Lipinski definition) is 2. The highest BCUT2D eigenvalue weighted by molar-refractivity contribution is 5.42. The van der Waals surface area contributed by atoms with Crippen LogP contribution in [0.25, 0.3) is 0 Å². The number of benzene rings is 1. The van der Waals surface area contributed by atoms with Crippen LogP contribution in [0, 0.1) is 11.3 Å². The maximum Gasteiger partial charge on any atom is 0.0991 e. The Labute approximate surface area is 101 Å². The molecule has 2 aromatic rings. The van der Waals surface area contributed by atoms with Crippen LogP contribution in [-0.4, -0.2) is 4.98 Å². The lowest BCUT2D eigenvalue weighted by Gasteiger charge is -2.11. The van der Waals surface area contributed by atoms with Gasteiger partial charge in [-0.2, -0.15) is 5.26 Å². The lowest BCUT2D eigenvalue weighted by atomic mass is 9.93. The predicted octanol–water partition coefficient (Wildman–Crippen LogP) is 3.03. The minimum atomic E-state index is 0.473. The van der Waals surface area contributed by atoms with E-state index < -0.39 is 0 Å². The van der Waals surface area contributed by atoms with Gasteiger partial charge in [0.15, 0.2) is 0 Å². The first kappa shape index (κ1) is 10.0. The van der Waals surface area contributed by atoms with Crippen LogP contribution in [0.15, 0.2) is 42.7 Å². The summed E-state index contributed by atoms with van der Waals surface area (Å²) in [5.74, 6) is 0.473. The first-order valence-corrected chi connectivity index (χ1v) is 5.81. The molecular formula is C15H12N2. The van der Waals surface area contributed by atoms with E-state index in [0.717, 1.165) is 18.4 Å².